The number of ketones is 1. The second-order valence-corrected chi connectivity index (χ2v) is 7.90. The van der Waals surface area contributed by atoms with Crippen molar-refractivity contribution in [1.29, 1.82) is 0 Å². The van der Waals surface area contributed by atoms with Crippen molar-refractivity contribution in [3.63, 3.8) is 0 Å². The molecule has 0 aromatic heterocycles. The highest BCUT2D eigenvalue weighted by molar-refractivity contribution is 5.80. The van der Waals surface area contributed by atoms with Gasteiger partial charge in [-0.25, -0.2) is 0 Å². The lowest BCUT2D eigenvalue weighted by atomic mass is 9.87. The summed E-state index contributed by atoms with van der Waals surface area (Å²) in [5.74, 6) is 2.39. The summed E-state index contributed by atoms with van der Waals surface area (Å²) in [6.07, 6.45) is 2.67. The molecule has 1 unspecified atom stereocenters. The second-order valence-electron chi connectivity index (χ2n) is 7.90. The molecule has 0 amide bonds. The molecule has 0 radical (unpaired) electrons. The van der Waals surface area contributed by atoms with Gasteiger partial charge in [0.1, 0.15) is 5.78 Å². The van der Waals surface area contributed by atoms with Gasteiger partial charge in [0.05, 0.1) is 7.11 Å². The fourth-order valence-corrected chi connectivity index (χ4v) is 3.85. The zero-order valence-corrected chi connectivity index (χ0v) is 17.9. The molecule has 0 spiro atoms. The van der Waals surface area contributed by atoms with Crippen molar-refractivity contribution < 1.29 is 19.0 Å². The van der Waals surface area contributed by atoms with Crippen molar-refractivity contribution >= 4 is 5.78 Å². The van der Waals surface area contributed by atoms with E-state index in [0.29, 0.717) is 24.3 Å². The molecular weight excluding hydrogens is 366 g/mol. The Kier molecular flexibility index (Phi) is 7.15. The number of hydrogen-bond donors (Lipinski definition) is 0. The number of aryl methyl sites for hydroxylation is 1. The molecule has 2 aromatic carbocycles. The van der Waals surface area contributed by atoms with Crippen LogP contribution in [0.25, 0.3) is 0 Å². The Morgan fingerprint density at radius 3 is 2.62 bits per heavy atom. The number of rotatable bonds is 10. The van der Waals surface area contributed by atoms with E-state index in [9.17, 15) is 4.79 Å². The summed E-state index contributed by atoms with van der Waals surface area (Å²) in [4.78, 5) is 14.9. The van der Waals surface area contributed by atoms with Crippen molar-refractivity contribution in [2.24, 2.45) is 0 Å². The molecule has 0 fully saturated rings. The third-order valence-corrected chi connectivity index (χ3v) is 5.34. The van der Waals surface area contributed by atoms with Crippen molar-refractivity contribution in [3.05, 3.63) is 53.1 Å². The molecule has 1 aliphatic heterocycles. The minimum atomic E-state index is 0.0416. The Balaban J connectivity index is 1.78. The summed E-state index contributed by atoms with van der Waals surface area (Å²) in [6.45, 7) is 3.21. The van der Waals surface area contributed by atoms with Crippen LogP contribution in [0.4, 0.5) is 0 Å². The van der Waals surface area contributed by atoms with Gasteiger partial charge in [0.15, 0.2) is 11.5 Å². The van der Waals surface area contributed by atoms with Crippen molar-refractivity contribution in [3.8, 4) is 17.2 Å². The summed E-state index contributed by atoms with van der Waals surface area (Å²) >= 11 is 0. The van der Waals surface area contributed by atoms with E-state index in [1.807, 2.05) is 18.2 Å². The number of hydrogen-bond acceptors (Lipinski definition) is 5. The summed E-state index contributed by atoms with van der Waals surface area (Å²) in [5, 5.41) is 0. The number of methoxy groups -OCH3 is 1. The van der Waals surface area contributed by atoms with Gasteiger partial charge in [-0.3, -0.25) is 4.79 Å². The maximum atomic E-state index is 12.7. The highest BCUT2D eigenvalue weighted by Gasteiger charge is 2.28. The minimum Gasteiger partial charge on any atom is -0.492 e. The predicted molar refractivity (Wildman–Crippen MR) is 114 cm³/mol. The third-order valence-electron chi connectivity index (χ3n) is 5.34. The largest absolute Gasteiger partial charge is 0.492 e. The van der Waals surface area contributed by atoms with E-state index in [1.54, 1.807) is 7.11 Å². The highest BCUT2D eigenvalue weighted by Crippen LogP contribution is 2.48. The number of fused-ring (bicyclic) bond motifs is 1. The normalized spacial score (nSPS) is 13.6. The molecule has 0 saturated heterocycles. The van der Waals surface area contributed by atoms with Crippen LogP contribution in [0, 0.1) is 0 Å². The van der Waals surface area contributed by atoms with Crippen molar-refractivity contribution in [1.82, 2.24) is 4.90 Å². The zero-order valence-electron chi connectivity index (χ0n) is 17.9. The molecule has 1 heterocycles. The molecule has 2 aromatic rings. The average Bonchev–Trinajstić information content (AvgIpc) is 3.18. The van der Waals surface area contributed by atoms with Crippen LogP contribution in [0.5, 0.6) is 17.2 Å². The number of carbonyl (C=O) groups is 1. The maximum absolute atomic E-state index is 12.7. The molecule has 1 aliphatic rings. The van der Waals surface area contributed by atoms with Gasteiger partial charge in [-0.1, -0.05) is 37.3 Å². The Bertz CT molecular complexity index is 833. The molecule has 0 bridgehead atoms. The monoisotopic (exact) mass is 397 g/mol. The lowest BCUT2D eigenvalue weighted by molar-refractivity contribution is -0.119. The standard InChI is InChI=1S/C24H31NO4/c1-17(14-20(26)11-10-18-8-6-5-7-9-18)22-19(12-13-25(2)3)15-21-23(24(22)27-4)29-16-28-21/h5-9,15,17H,10-14,16H2,1-4H3. The summed E-state index contributed by atoms with van der Waals surface area (Å²) in [6, 6.07) is 12.2. The van der Waals surface area contributed by atoms with E-state index in [2.05, 4.69) is 44.1 Å². The quantitative estimate of drug-likeness (QED) is 0.601. The van der Waals surface area contributed by atoms with Gasteiger partial charge < -0.3 is 19.1 Å². The Morgan fingerprint density at radius 2 is 1.93 bits per heavy atom. The number of carbonyl (C=O) groups excluding carboxylic acids is 1. The molecule has 1 atom stereocenters. The SMILES string of the molecule is COc1c2c(cc(CCN(C)C)c1C(C)CC(=O)CCc1ccccc1)OCO2. The van der Waals surface area contributed by atoms with Gasteiger partial charge in [-0.2, -0.15) is 0 Å². The first-order valence-corrected chi connectivity index (χ1v) is 10.2. The van der Waals surface area contributed by atoms with Gasteiger partial charge in [-0.05, 0) is 50.0 Å². The van der Waals surface area contributed by atoms with Gasteiger partial charge in [0.25, 0.3) is 0 Å². The fraction of sp³-hybridized carbons (Fsp3) is 0.458. The molecule has 0 N–H and O–H groups in total. The van der Waals surface area contributed by atoms with E-state index in [-0.39, 0.29) is 18.5 Å². The average molecular weight is 398 g/mol. The lowest BCUT2D eigenvalue weighted by Gasteiger charge is -2.22. The molecule has 0 saturated carbocycles. The first-order valence-electron chi connectivity index (χ1n) is 10.2. The number of Topliss-reactive ketones (excluding diaryl/α,β-unsaturated/α-hetero) is 1. The van der Waals surface area contributed by atoms with E-state index in [4.69, 9.17) is 14.2 Å². The van der Waals surface area contributed by atoms with Gasteiger partial charge in [-0.15, -0.1) is 0 Å². The molecule has 3 rings (SSSR count). The van der Waals surface area contributed by atoms with Crippen LogP contribution in [0.2, 0.25) is 0 Å². The fourth-order valence-electron chi connectivity index (χ4n) is 3.85. The third kappa shape index (κ3) is 5.30. The van der Waals surface area contributed by atoms with Gasteiger partial charge in [0.2, 0.25) is 12.5 Å². The minimum absolute atomic E-state index is 0.0416. The van der Waals surface area contributed by atoms with Gasteiger partial charge >= 0.3 is 0 Å². The summed E-state index contributed by atoms with van der Waals surface area (Å²) < 4.78 is 17.0. The number of nitrogens with zero attached hydrogens (tertiary/aromatic N) is 1. The first kappa shape index (κ1) is 21.2. The number of benzene rings is 2. The Morgan fingerprint density at radius 1 is 1.17 bits per heavy atom. The summed E-state index contributed by atoms with van der Waals surface area (Å²) in [5.41, 5.74) is 3.41. The van der Waals surface area contributed by atoms with Crippen molar-refractivity contribution in [2.45, 2.75) is 38.5 Å². The van der Waals surface area contributed by atoms with Crippen LogP contribution >= 0.6 is 0 Å². The molecule has 0 aliphatic carbocycles. The first-order chi connectivity index (χ1) is 14.0. The van der Waals surface area contributed by atoms with Gasteiger partial charge in [0, 0.05) is 24.9 Å². The smallest absolute Gasteiger partial charge is 0.231 e. The lowest BCUT2D eigenvalue weighted by Crippen LogP contribution is -2.17. The van der Waals surface area contributed by atoms with Crippen molar-refractivity contribution in [2.75, 3.05) is 34.5 Å². The molecule has 156 valence electrons. The van der Waals surface area contributed by atoms with E-state index < -0.39 is 0 Å². The van der Waals surface area contributed by atoms with E-state index >= 15 is 0 Å². The van der Waals surface area contributed by atoms with Crippen LogP contribution in [0.3, 0.4) is 0 Å². The molecule has 5 heteroatoms. The number of likely N-dealkylation sites (N-methyl/N-ethyl adjacent to an activating group) is 1. The van der Waals surface area contributed by atoms with E-state index in [0.717, 1.165) is 36.3 Å². The highest BCUT2D eigenvalue weighted by atomic mass is 16.7. The maximum Gasteiger partial charge on any atom is 0.231 e. The van der Waals surface area contributed by atoms with Crippen LogP contribution in [-0.4, -0.2) is 45.2 Å². The second kappa shape index (κ2) is 9.79. The van der Waals surface area contributed by atoms with E-state index in [1.165, 1.54) is 5.56 Å². The van der Waals surface area contributed by atoms with Crippen LogP contribution in [-0.2, 0) is 17.6 Å². The topological polar surface area (TPSA) is 48.0 Å². The number of ether oxygens (including phenoxy) is 3. The Labute approximate surface area is 173 Å². The summed E-state index contributed by atoms with van der Waals surface area (Å²) in [7, 11) is 5.77. The molecule has 29 heavy (non-hydrogen) atoms. The molecule has 5 nitrogen and oxygen atoms in total. The zero-order chi connectivity index (χ0) is 20.8. The Hall–Kier alpha value is -2.53. The van der Waals surface area contributed by atoms with Crippen LogP contribution in [0.15, 0.2) is 36.4 Å². The van der Waals surface area contributed by atoms with Crippen LogP contribution < -0.4 is 14.2 Å². The molecular formula is C24H31NO4. The predicted octanol–water partition coefficient (Wildman–Crippen LogP) is 4.22. The van der Waals surface area contributed by atoms with Crippen LogP contribution in [0.1, 0.15) is 42.4 Å².